The molecule has 2 saturated heterocycles. The molecule has 0 radical (unpaired) electrons. The second kappa shape index (κ2) is 4.40. The van der Waals surface area contributed by atoms with Crippen LogP contribution in [-0.2, 0) is 0 Å². The van der Waals surface area contributed by atoms with Gasteiger partial charge in [0.1, 0.15) is 0 Å². The standard InChI is InChI=1S/C10H21N3/c1-12-6-3-7-13(9-8-12)10-4-2-5-11-10/h10-11H,2-9H2,1H3. The molecule has 1 atom stereocenters. The fourth-order valence-electron chi connectivity index (χ4n) is 2.36. The Bertz CT molecular complexity index is 154. The lowest BCUT2D eigenvalue weighted by Gasteiger charge is -2.27. The minimum Gasteiger partial charge on any atom is -0.305 e. The van der Waals surface area contributed by atoms with Gasteiger partial charge >= 0.3 is 0 Å². The highest BCUT2D eigenvalue weighted by Crippen LogP contribution is 2.12. The van der Waals surface area contributed by atoms with E-state index in [2.05, 4.69) is 22.2 Å². The molecule has 0 saturated carbocycles. The highest BCUT2D eigenvalue weighted by molar-refractivity contribution is 4.78. The van der Waals surface area contributed by atoms with Gasteiger partial charge in [0.05, 0.1) is 6.17 Å². The van der Waals surface area contributed by atoms with Gasteiger partial charge < -0.3 is 10.2 Å². The number of hydrogen-bond donors (Lipinski definition) is 1. The van der Waals surface area contributed by atoms with Crippen LogP contribution in [0.4, 0.5) is 0 Å². The lowest BCUT2D eigenvalue weighted by atomic mass is 10.3. The Hall–Kier alpha value is -0.120. The molecule has 0 aromatic carbocycles. The van der Waals surface area contributed by atoms with Crippen LogP contribution in [0.25, 0.3) is 0 Å². The van der Waals surface area contributed by atoms with E-state index in [-0.39, 0.29) is 0 Å². The summed E-state index contributed by atoms with van der Waals surface area (Å²) < 4.78 is 0. The SMILES string of the molecule is CN1CCCN(C2CCCN2)CC1. The van der Waals surface area contributed by atoms with Crippen molar-refractivity contribution < 1.29 is 0 Å². The Kier molecular flexibility index (Phi) is 3.19. The first kappa shape index (κ1) is 9.44. The predicted octanol–water partition coefficient (Wildman–Crippen LogP) is 0.333. The number of hydrogen-bond acceptors (Lipinski definition) is 3. The first-order valence-electron chi connectivity index (χ1n) is 5.52. The maximum absolute atomic E-state index is 3.58. The van der Waals surface area contributed by atoms with E-state index in [0.717, 1.165) is 0 Å². The van der Waals surface area contributed by atoms with Crippen LogP contribution >= 0.6 is 0 Å². The third-order valence-electron chi connectivity index (χ3n) is 3.23. The lowest BCUT2D eigenvalue weighted by Crippen LogP contribution is -2.43. The van der Waals surface area contributed by atoms with Gasteiger partial charge in [-0.15, -0.1) is 0 Å². The highest BCUT2D eigenvalue weighted by atomic mass is 15.3. The van der Waals surface area contributed by atoms with Crippen molar-refractivity contribution in [2.45, 2.75) is 25.4 Å². The maximum atomic E-state index is 3.58. The molecule has 0 spiro atoms. The Morgan fingerprint density at radius 3 is 2.77 bits per heavy atom. The number of nitrogens with zero attached hydrogens (tertiary/aromatic N) is 2. The van der Waals surface area contributed by atoms with E-state index in [1.807, 2.05) is 0 Å². The molecular weight excluding hydrogens is 162 g/mol. The van der Waals surface area contributed by atoms with Crippen molar-refractivity contribution in [2.24, 2.45) is 0 Å². The van der Waals surface area contributed by atoms with Gasteiger partial charge in [-0.3, -0.25) is 4.90 Å². The summed E-state index contributed by atoms with van der Waals surface area (Å²) in [5, 5.41) is 3.58. The van der Waals surface area contributed by atoms with Crippen molar-refractivity contribution >= 4 is 0 Å². The summed E-state index contributed by atoms with van der Waals surface area (Å²) in [6.07, 6.45) is 4.72. The molecule has 0 aromatic rings. The topological polar surface area (TPSA) is 18.5 Å². The maximum Gasteiger partial charge on any atom is 0.0597 e. The fourth-order valence-corrected chi connectivity index (χ4v) is 2.36. The smallest absolute Gasteiger partial charge is 0.0597 e. The zero-order valence-corrected chi connectivity index (χ0v) is 8.63. The predicted molar refractivity (Wildman–Crippen MR) is 54.7 cm³/mol. The normalized spacial score (nSPS) is 33.5. The van der Waals surface area contributed by atoms with Crippen LogP contribution in [0.5, 0.6) is 0 Å². The fraction of sp³-hybridized carbons (Fsp3) is 1.00. The van der Waals surface area contributed by atoms with E-state index < -0.39 is 0 Å². The van der Waals surface area contributed by atoms with Gasteiger partial charge in [0.15, 0.2) is 0 Å². The zero-order valence-electron chi connectivity index (χ0n) is 8.63. The van der Waals surface area contributed by atoms with Crippen molar-refractivity contribution in [3.8, 4) is 0 Å². The zero-order chi connectivity index (χ0) is 9.10. The molecule has 2 rings (SSSR count). The minimum atomic E-state index is 0.687. The van der Waals surface area contributed by atoms with Crippen molar-refractivity contribution in [3.05, 3.63) is 0 Å². The van der Waals surface area contributed by atoms with Crippen molar-refractivity contribution in [2.75, 3.05) is 39.8 Å². The Morgan fingerprint density at radius 1 is 1.08 bits per heavy atom. The largest absolute Gasteiger partial charge is 0.305 e. The average Bonchev–Trinajstić information content (AvgIpc) is 2.56. The van der Waals surface area contributed by atoms with E-state index in [9.17, 15) is 0 Å². The summed E-state index contributed by atoms with van der Waals surface area (Å²) in [5.41, 5.74) is 0. The Morgan fingerprint density at radius 2 is 2.00 bits per heavy atom. The molecule has 3 nitrogen and oxygen atoms in total. The van der Waals surface area contributed by atoms with Gasteiger partial charge in [-0.1, -0.05) is 0 Å². The monoisotopic (exact) mass is 183 g/mol. The van der Waals surface area contributed by atoms with Gasteiger partial charge in [-0.25, -0.2) is 0 Å². The molecular formula is C10H21N3. The lowest BCUT2D eigenvalue weighted by molar-refractivity contribution is 0.188. The summed E-state index contributed by atoms with van der Waals surface area (Å²) >= 11 is 0. The number of rotatable bonds is 1. The van der Waals surface area contributed by atoms with Crippen LogP contribution in [0.2, 0.25) is 0 Å². The molecule has 2 aliphatic heterocycles. The first-order valence-corrected chi connectivity index (χ1v) is 5.52. The molecule has 0 amide bonds. The molecule has 76 valence electrons. The van der Waals surface area contributed by atoms with Gasteiger partial charge in [-0.2, -0.15) is 0 Å². The third-order valence-corrected chi connectivity index (χ3v) is 3.23. The van der Waals surface area contributed by atoms with E-state index >= 15 is 0 Å². The van der Waals surface area contributed by atoms with E-state index in [4.69, 9.17) is 0 Å². The quantitative estimate of drug-likeness (QED) is 0.632. The van der Waals surface area contributed by atoms with Gasteiger partial charge in [0, 0.05) is 19.6 Å². The number of likely N-dealkylation sites (N-methyl/N-ethyl adjacent to an activating group) is 1. The van der Waals surface area contributed by atoms with Crippen molar-refractivity contribution in [3.63, 3.8) is 0 Å². The molecule has 0 aromatic heterocycles. The second-order valence-electron chi connectivity index (χ2n) is 4.30. The molecule has 2 heterocycles. The van der Waals surface area contributed by atoms with Crippen LogP contribution in [0.1, 0.15) is 19.3 Å². The first-order chi connectivity index (χ1) is 6.36. The van der Waals surface area contributed by atoms with Crippen molar-refractivity contribution in [1.29, 1.82) is 0 Å². The summed E-state index contributed by atoms with van der Waals surface area (Å²) in [7, 11) is 2.23. The van der Waals surface area contributed by atoms with Crippen molar-refractivity contribution in [1.82, 2.24) is 15.1 Å². The van der Waals surface area contributed by atoms with Gasteiger partial charge in [0.2, 0.25) is 0 Å². The molecule has 3 heteroatoms. The van der Waals surface area contributed by atoms with Gasteiger partial charge in [-0.05, 0) is 39.4 Å². The van der Waals surface area contributed by atoms with E-state index in [0.29, 0.717) is 6.17 Å². The molecule has 2 aliphatic rings. The van der Waals surface area contributed by atoms with E-state index in [1.165, 1.54) is 52.0 Å². The van der Waals surface area contributed by atoms with Crippen LogP contribution in [0.3, 0.4) is 0 Å². The number of nitrogens with one attached hydrogen (secondary N) is 1. The van der Waals surface area contributed by atoms with Crippen LogP contribution in [-0.4, -0.2) is 55.7 Å². The Balaban J connectivity index is 1.84. The van der Waals surface area contributed by atoms with E-state index in [1.54, 1.807) is 0 Å². The minimum absolute atomic E-state index is 0.687. The summed E-state index contributed by atoms with van der Waals surface area (Å²) in [6, 6.07) is 0. The summed E-state index contributed by atoms with van der Waals surface area (Å²) in [6.45, 7) is 6.24. The molecule has 2 fully saturated rings. The molecule has 0 bridgehead atoms. The van der Waals surface area contributed by atoms with Crippen LogP contribution in [0, 0.1) is 0 Å². The third kappa shape index (κ3) is 2.42. The second-order valence-corrected chi connectivity index (χ2v) is 4.30. The van der Waals surface area contributed by atoms with Crippen LogP contribution < -0.4 is 5.32 Å². The van der Waals surface area contributed by atoms with Gasteiger partial charge in [0.25, 0.3) is 0 Å². The molecule has 1 unspecified atom stereocenters. The molecule has 0 aliphatic carbocycles. The average molecular weight is 183 g/mol. The highest BCUT2D eigenvalue weighted by Gasteiger charge is 2.22. The summed E-state index contributed by atoms with van der Waals surface area (Å²) in [5.74, 6) is 0. The van der Waals surface area contributed by atoms with Crippen LogP contribution in [0.15, 0.2) is 0 Å². The molecule has 13 heavy (non-hydrogen) atoms. The molecule has 1 N–H and O–H groups in total. The Labute approximate surface area is 81.1 Å². The summed E-state index contributed by atoms with van der Waals surface area (Å²) in [4.78, 5) is 5.06.